The van der Waals surface area contributed by atoms with E-state index >= 15 is 0 Å². The highest BCUT2D eigenvalue weighted by Gasteiger charge is 2.21. The Morgan fingerprint density at radius 2 is 2.12 bits per heavy atom. The third-order valence-electron chi connectivity index (χ3n) is 3.01. The molecule has 1 atom stereocenters. The first-order valence-corrected chi connectivity index (χ1v) is 6.75. The van der Waals surface area contributed by atoms with E-state index in [9.17, 15) is 0 Å². The van der Waals surface area contributed by atoms with Crippen LogP contribution in [0, 0.1) is 11.3 Å². The predicted octanol–water partition coefficient (Wildman–Crippen LogP) is 3.22. The van der Waals surface area contributed by atoms with Gasteiger partial charge in [0.1, 0.15) is 0 Å². The second-order valence-electron chi connectivity index (χ2n) is 5.31. The van der Waals surface area contributed by atoms with Gasteiger partial charge in [0.25, 0.3) is 0 Å². The SMILES string of the molecule is CCOc1c(N)nsc1NCC(C)C(C)(C)C. The number of anilines is 2. The van der Waals surface area contributed by atoms with Crippen molar-refractivity contribution in [3.8, 4) is 5.75 Å². The van der Waals surface area contributed by atoms with Gasteiger partial charge in [-0.1, -0.05) is 27.7 Å². The molecule has 0 saturated heterocycles. The van der Waals surface area contributed by atoms with Crippen LogP contribution in [-0.2, 0) is 0 Å². The van der Waals surface area contributed by atoms with Gasteiger partial charge in [0.05, 0.1) is 6.61 Å². The van der Waals surface area contributed by atoms with Gasteiger partial charge in [-0.3, -0.25) is 0 Å². The first-order chi connectivity index (χ1) is 7.86. The Labute approximate surface area is 108 Å². The molecule has 0 bridgehead atoms. The summed E-state index contributed by atoms with van der Waals surface area (Å²) in [7, 11) is 0. The van der Waals surface area contributed by atoms with E-state index in [0.29, 0.717) is 24.1 Å². The zero-order chi connectivity index (χ0) is 13.1. The van der Waals surface area contributed by atoms with Gasteiger partial charge in [-0.15, -0.1) is 0 Å². The van der Waals surface area contributed by atoms with Crippen molar-refractivity contribution in [1.29, 1.82) is 0 Å². The number of hydrogen-bond acceptors (Lipinski definition) is 5. The normalized spacial score (nSPS) is 13.5. The zero-order valence-corrected chi connectivity index (χ0v) is 12.1. The highest BCUT2D eigenvalue weighted by Crippen LogP contribution is 2.36. The molecule has 1 heterocycles. The number of nitrogen functional groups attached to an aromatic ring is 1. The number of hydrogen-bond donors (Lipinski definition) is 2. The smallest absolute Gasteiger partial charge is 0.197 e. The molecule has 0 aromatic carbocycles. The van der Waals surface area contributed by atoms with E-state index < -0.39 is 0 Å². The van der Waals surface area contributed by atoms with Crippen molar-refractivity contribution in [2.24, 2.45) is 11.3 Å². The molecule has 0 fully saturated rings. The fourth-order valence-corrected chi connectivity index (χ4v) is 1.91. The highest BCUT2D eigenvalue weighted by molar-refractivity contribution is 7.11. The van der Waals surface area contributed by atoms with Gasteiger partial charge in [0, 0.05) is 6.54 Å². The van der Waals surface area contributed by atoms with Crippen LogP contribution in [0.15, 0.2) is 0 Å². The van der Waals surface area contributed by atoms with Crippen molar-refractivity contribution in [3.05, 3.63) is 0 Å². The molecule has 0 amide bonds. The summed E-state index contributed by atoms with van der Waals surface area (Å²) < 4.78 is 9.59. The van der Waals surface area contributed by atoms with Crippen LogP contribution in [0.5, 0.6) is 5.75 Å². The lowest BCUT2D eigenvalue weighted by Gasteiger charge is -2.27. The van der Waals surface area contributed by atoms with Crippen LogP contribution in [0.25, 0.3) is 0 Å². The molecule has 1 aromatic heterocycles. The summed E-state index contributed by atoms with van der Waals surface area (Å²) in [5, 5.41) is 4.31. The van der Waals surface area contributed by atoms with E-state index in [-0.39, 0.29) is 5.41 Å². The molecule has 98 valence electrons. The maximum Gasteiger partial charge on any atom is 0.197 e. The Bertz CT molecular complexity index is 357. The number of nitrogens with two attached hydrogens (primary N) is 1. The molecule has 1 unspecified atom stereocenters. The van der Waals surface area contributed by atoms with Gasteiger partial charge >= 0.3 is 0 Å². The van der Waals surface area contributed by atoms with E-state index in [2.05, 4.69) is 37.4 Å². The van der Waals surface area contributed by atoms with Crippen molar-refractivity contribution in [2.45, 2.75) is 34.6 Å². The van der Waals surface area contributed by atoms with E-state index in [1.54, 1.807) is 0 Å². The Hall–Kier alpha value is -0.970. The Balaban J connectivity index is 2.63. The largest absolute Gasteiger partial charge is 0.487 e. The van der Waals surface area contributed by atoms with Crippen molar-refractivity contribution >= 4 is 22.4 Å². The van der Waals surface area contributed by atoms with Crippen LogP contribution >= 0.6 is 11.5 Å². The van der Waals surface area contributed by atoms with Crippen molar-refractivity contribution < 1.29 is 4.74 Å². The van der Waals surface area contributed by atoms with Gasteiger partial charge in [0.15, 0.2) is 16.6 Å². The third-order valence-corrected chi connectivity index (χ3v) is 3.81. The Kier molecular flexibility index (Phi) is 4.62. The monoisotopic (exact) mass is 257 g/mol. The summed E-state index contributed by atoms with van der Waals surface area (Å²) in [4.78, 5) is 0. The van der Waals surface area contributed by atoms with Crippen LogP contribution in [0.4, 0.5) is 10.8 Å². The van der Waals surface area contributed by atoms with Crippen LogP contribution in [-0.4, -0.2) is 17.5 Å². The first kappa shape index (κ1) is 14.1. The van der Waals surface area contributed by atoms with Crippen LogP contribution in [0.1, 0.15) is 34.6 Å². The average molecular weight is 257 g/mol. The second-order valence-corrected chi connectivity index (χ2v) is 6.08. The fraction of sp³-hybridized carbons (Fsp3) is 0.750. The fourth-order valence-electron chi connectivity index (χ4n) is 1.24. The molecule has 4 nitrogen and oxygen atoms in total. The summed E-state index contributed by atoms with van der Waals surface area (Å²) in [5.74, 6) is 1.72. The summed E-state index contributed by atoms with van der Waals surface area (Å²) in [6.07, 6.45) is 0. The topological polar surface area (TPSA) is 60.2 Å². The molecule has 0 saturated carbocycles. The lowest BCUT2D eigenvalue weighted by molar-refractivity contribution is 0.274. The highest BCUT2D eigenvalue weighted by atomic mass is 32.1. The number of nitrogens with one attached hydrogen (secondary N) is 1. The second kappa shape index (κ2) is 5.58. The molecule has 17 heavy (non-hydrogen) atoms. The van der Waals surface area contributed by atoms with Crippen molar-refractivity contribution in [3.63, 3.8) is 0 Å². The molecule has 3 N–H and O–H groups in total. The molecular formula is C12H23N3OS. The molecule has 0 spiro atoms. The van der Waals surface area contributed by atoms with Gasteiger partial charge in [-0.2, -0.15) is 4.37 Å². The predicted molar refractivity (Wildman–Crippen MR) is 74.8 cm³/mol. The summed E-state index contributed by atoms with van der Waals surface area (Å²) in [5.41, 5.74) is 6.04. The summed E-state index contributed by atoms with van der Waals surface area (Å²) in [6, 6.07) is 0. The van der Waals surface area contributed by atoms with Gasteiger partial charge < -0.3 is 15.8 Å². The Morgan fingerprint density at radius 3 is 2.65 bits per heavy atom. The van der Waals surface area contributed by atoms with E-state index in [4.69, 9.17) is 10.5 Å². The number of ether oxygens (including phenoxy) is 1. The quantitative estimate of drug-likeness (QED) is 0.850. The van der Waals surface area contributed by atoms with Crippen LogP contribution in [0.3, 0.4) is 0 Å². The molecule has 0 aliphatic carbocycles. The number of aromatic nitrogens is 1. The van der Waals surface area contributed by atoms with E-state index in [1.807, 2.05) is 6.92 Å². The van der Waals surface area contributed by atoms with E-state index in [0.717, 1.165) is 11.5 Å². The molecular weight excluding hydrogens is 234 g/mol. The Morgan fingerprint density at radius 1 is 1.47 bits per heavy atom. The molecule has 5 heteroatoms. The maximum absolute atomic E-state index is 5.75. The minimum Gasteiger partial charge on any atom is -0.487 e. The number of rotatable bonds is 5. The van der Waals surface area contributed by atoms with Gasteiger partial charge in [-0.05, 0) is 29.8 Å². The summed E-state index contributed by atoms with van der Waals surface area (Å²) >= 11 is 1.36. The van der Waals surface area contributed by atoms with Crippen LogP contribution in [0.2, 0.25) is 0 Å². The first-order valence-electron chi connectivity index (χ1n) is 5.98. The van der Waals surface area contributed by atoms with Gasteiger partial charge in [0.2, 0.25) is 0 Å². The molecule has 1 aromatic rings. The molecule has 1 rings (SSSR count). The maximum atomic E-state index is 5.75. The van der Waals surface area contributed by atoms with Gasteiger partial charge in [-0.25, -0.2) is 0 Å². The van der Waals surface area contributed by atoms with E-state index in [1.165, 1.54) is 11.5 Å². The standard InChI is InChI=1S/C12H23N3OS/c1-6-16-9-10(13)15-17-11(9)14-7-8(2)12(3,4)5/h8,14H,6-7H2,1-5H3,(H2,13,15). The van der Waals surface area contributed by atoms with Crippen molar-refractivity contribution in [1.82, 2.24) is 4.37 Å². The van der Waals surface area contributed by atoms with Crippen molar-refractivity contribution in [2.75, 3.05) is 24.2 Å². The lowest BCUT2D eigenvalue weighted by atomic mass is 9.82. The minimum atomic E-state index is 0.287. The zero-order valence-electron chi connectivity index (χ0n) is 11.3. The van der Waals surface area contributed by atoms with Crippen LogP contribution < -0.4 is 15.8 Å². The molecule has 0 radical (unpaired) electrons. The third kappa shape index (κ3) is 3.77. The number of nitrogens with zero attached hydrogens (tertiary/aromatic N) is 1. The molecule has 0 aliphatic heterocycles. The molecule has 0 aliphatic rings. The minimum absolute atomic E-state index is 0.287. The average Bonchev–Trinajstić information content (AvgIpc) is 2.56. The lowest BCUT2D eigenvalue weighted by Crippen LogP contribution is -2.24. The summed E-state index contributed by atoms with van der Waals surface area (Å²) in [6.45, 7) is 12.4.